The second-order valence-corrected chi connectivity index (χ2v) is 5.76. The van der Waals surface area contributed by atoms with Crippen molar-refractivity contribution in [2.75, 3.05) is 25.0 Å². The Labute approximate surface area is 127 Å². The molecule has 1 fully saturated rings. The molecule has 0 amide bonds. The van der Waals surface area contributed by atoms with Crippen molar-refractivity contribution in [3.8, 4) is 0 Å². The summed E-state index contributed by atoms with van der Waals surface area (Å²) in [5, 5.41) is 3.66. The van der Waals surface area contributed by atoms with Gasteiger partial charge in [0.15, 0.2) is 0 Å². The van der Waals surface area contributed by atoms with Gasteiger partial charge in [0.05, 0.1) is 0 Å². The van der Waals surface area contributed by atoms with Crippen molar-refractivity contribution >= 4 is 5.69 Å². The third kappa shape index (κ3) is 4.30. The van der Waals surface area contributed by atoms with E-state index in [1.807, 2.05) is 12.4 Å². The number of hydrogen-bond donors (Lipinski definition) is 1. The second-order valence-electron chi connectivity index (χ2n) is 5.76. The van der Waals surface area contributed by atoms with Gasteiger partial charge >= 0.3 is 0 Å². The molecule has 3 heteroatoms. The quantitative estimate of drug-likeness (QED) is 0.912. The number of aromatic nitrogens is 1. The zero-order chi connectivity index (χ0) is 14.3. The molecule has 1 aliphatic rings. The molecule has 110 valence electrons. The van der Waals surface area contributed by atoms with E-state index < -0.39 is 0 Å². The molecular weight excluding hydrogens is 258 g/mol. The van der Waals surface area contributed by atoms with Crippen molar-refractivity contribution in [3.05, 3.63) is 60.4 Å². The fourth-order valence-electron chi connectivity index (χ4n) is 2.98. The lowest BCUT2D eigenvalue weighted by molar-refractivity contribution is 0.219. The number of para-hydroxylation sites is 1. The molecule has 0 aliphatic carbocycles. The summed E-state index contributed by atoms with van der Waals surface area (Å²) in [6.07, 6.45) is 7.42. The van der Waals surface area contributed by atoms with Gasteiger partial charge in [-0.3, -0.25) is 4.98 Å². The van der Waals surface area contributed by atoms with Crippen LogP contribution >= 0.6 is 0 Å². The van der Waals surface area contributed by atoms with Crippen LogP contribution in [0.15, 0.2) is 54.9 Å². The molecule has 0 bridgehead atoms. The molecule has 1 atom stereocenters. The van der Waals surface area contributed by atoms with Crippen LogP contribution in [-0.4, -0.2) is 35.6 Å². The first-order valence-electron chi connectivity index (χ1n) is 7.83. The summed E-state index contributed by atoms with van der Waals surface area (Å²) in [7, 11) is 0. The number of hydrogen-bond acceptors (Lipinski definition) is 3. The minimum atomic E-state index is 0.568. The van der Waals surface area contributed by atoms with Gasteiger partial charge in [-0.25, -0.2) is 0 Å². The Morgan fingerprint density at radius 2 is 1.90 bits per heavy atom. The van der Waals surface area contributed by atoms with Crippen LogP contribution in [0.2, 0.25) is 0 Å². The average Bonchev–Trinajstić information content (AvgIpc) is 2.55. The van der Waals surface area contributed by atoms with E-state index in [2.05, 4.69) is 57.7 Å². The Balaban J connectivity index is 1.49. The topological polar surface area (TPSA) is 28.2 Å². The Kier molecular flexibility index (Phi) is 4.85. The molecule has 1 unspecified atom stereocenters. The van der Waals surface area contributed by atoms with Gasteiger partial charge in [-0.1, -0.05) is 18.2 Å². The molecule has 0 radical (unpaired) electrons. The van der Waals surface area contributed by atoms with Crippen LogP contribution in [0.1, 0.15) is 18.4 Å². The van der Waals surface area contributed by atoms with Gasteiger partial charge in [0, 0.05) is 37.2 Å². The fraction of sp³-hybridized carbons (Fsp3) is 0.389. The van der Waals surface area contributed by atoms with Crippen LogP contribution in [0.25, 0.3) is 0 Å². The Bertz CT molecular complexity index is 527. The SMILES string of the molecule is c1ccc(NC2CCCN(CCc3ccncc3)C2)cc1. The first kappa shape index (κ1) is 14.1. The molecule has 0 spiro atoms. The van der Waals surface area contributed by atoms with E-state index in [9.17, 15) is 0 Å². The largest absolute Gasteiger partial charge is 0.381 e. The second kappa shape index (κ2) is 7.23. The number of anilines is 1. The molecule has 1 aromatic carbocycles. The summed E-state index contributed by atoms with van der Waals surface area (Å²) >= 11 is 0. The summed E-state index contributed by atoms with van der Waals surface area (Å²) < 4.78 is 0. The highest BCUT2D eigenvalue weighted by atomic mass is 15.2. The minimum absolute atomic E-state index is 0.568. The smallest absolute Gasteiger partial charge is 0.0388 e. The molecule has 0 saturated carbocycles. The molecule has 21 heavy (non-hydrogen) atoms. The van der Waals surface area contributed by atoms with Gasteiger partial charge in [-0.2, -0.15) is 0 Å². The third-order valence-electron chi connectivity index (χ3n) is 4.12. The van der Waals surface area contributed by atoms with E-state index in [0.29, 0.717) is 6.04 Å². The highest BCUT2D eigenvalue weighted by molar-refractivity contribution is 5.43. The molecule has 3 nitrogen and oxygen atoms in total. The number of benzene rings is 1. The maximum Gasteiger partial charge on any atom is 0.0388 e. The van der Waals surface area contributed by atoms with Crippen LogP contribution in [0.3, 0.4) is 0 Å². The van der Waals surface area contributed by atoms with Gasteiger partial charge in [-0.15, -0.1) is 0 Å². The van der Waals surface area contributed by atoms with Crippen molar-refractivity contribution in [1.29, 1.82) is 0 Å². The monoisotopic (exact) mass is 281 g/mol. The van der Waals surface area contributed by atoms with Crippen LogP contribution in [-0.2, 0) is 6.42 Å². The van der Waals surface area contributed by atoms with E-state index in [-0.39, 0.29) is 0 Å². The predicted molar refractivity (Wildman–Crippen MR) is 87.5 cm³/mol. The molecule has 1 aliphatic heterocycles. The normalized spacial score (nSPS) is 19.3. The Morgan fingerprint density at radius 3 is 2.71 bits per heavy atom. The molecule has 2 aromatic rings. The van der Waals surface area contributed by atoms with Crippen molar-refractivity contribution in [3.63, 3.8) is 0 Å². The van der Waals surface area contributed by atoms with Gasteiger partial charge < -0.3 is 10.2 Å². The third-order valence-corrected chi connectivity index (χ3v) is 4.12. The van der Waals surface area contributed by atoms with Crippen molar-refractivity contribution < 1.29 is 0 Å². The highest BCUT2D eigenvalue weighted by Gasteiger charge is 2.19. The van der Waals surface area contributed by atoms with Crippen LogP contribution in [0.4, 0.5) is 5.69 Å². The van der Waals surface area contributed by atoms with Gasteiger partial charge in [0.25, 0.3) is 0 Å². The lowest BCUT2D eigenvalue weighted by Gasteiger charge is -2.33. The molecular formula is C18H23N3. The lowest BCUT2D eigenvalue weighted by Crippen LogP contribution is -2.42. The molecule has 3 rings (SSSR count). The number of rotatable bonds is 5. The maximum atomic E-state index is 4.08. The maximum absolute atomic E-state index is 4.08. The van der Waals surface area contributed by atoms with Crippen molar-refractivity contribution in [2.24, 2.45) is 0 Å². The number of piperidine rings is 1. The average molecular weight is 281 g/mol. The van der Waals surface area contributed by atoms with E-state index in [1.54, 1.807) is 0 Å². The van der Waals surface area contributed by atoms with E-state index in [0.717, 1.165) is 19.5 Å². The summed E-state index contributed by atoms with van der Waals surface area (Å²) in [6, 6.07) is 15.3. The Morgan fingerprint density at radius 1 is 1.10 bits per heavy atom. The van der Waals surface area contributed by atoms with E-state index >= 15 is 0 Å². The van der Waals surface area contributed by atoms with Crippen molar-refractivity contribution in [1.82, 2.24) is 9.88 Å². The Hall–Kier alpha value is -1.87. The zero-order valence-corrected chi connectivity index (χ0v) is 12.4. The molecule has 1 saturated heterocycles. The zero-order valence-electron chi connectivity index (χ0n) is 12.4. The van der Waals surface area contributed by atoms with Crippen molar-refractivity contribution in [2.45, 2.75) is 25.3 Å². The number of likely N-dealkylation sites (tertiary alicyclic amines) is 1. The fourth-order valence-corrected chi connectivity index (χ4v) is 2.98. The number of pyridine rings is 1. The van der Waals surface area contributed by atoms with Gasteiger partial charge in [0.1, 0.15) is 0 Å². The van der Waals surface area contributed by atoms with Crippen LogP contribution < -0.4 is 5.32 Å². The van der Waals surface area contributed by atoms with Crippen LogP contribution in [0, 0.1) is 0 Å². The standard InChI is InChI=1S/C18H23N3/c1-2-5-17(6-3-1)20-18-7-4-13-21(15-18)14-10-16-8-11-19-12-9-16/h1-3,5-6,8-9,11-12,18,20H,4,7,10,13-15H2. The minimum Gasteiger partial charge on any atom is -0.381 e. The van der Waals surface area contributed by atoms with E-state index in [1.165, 1.54) is 30.6 Å². The first-order valence-corrected chi connectivity index (χ1v) is 7.83. The molecule has 1 aromatic heterocycles. The molecule has 2 heterocycles. The van der Waals surface area contributed by atoms with E-state index in [4.69, 9.17) is 0 Å². The summed E-state index contributed by atoms with van der Waals surface area (Å²) in [5.41, 5.74) is 2.61. The predicted octanol–water partition coefficient (Wildman–Crippen LogP) is 3.20. The van der Waals surface area contributed by atoms with Crippen LogP contribution in [0.5, 0.6) is 0 Å². The highest BCUT2D eigenvalue weighted by Crippen LogP contribution is 2.16. The number of nitrogens with one attached hydrogen (secondary N) is 1. The molecule has 1 N–H and O–H groups in total. The number of nitrogens with zero attached hydrogens (tertiary/aromatic N) is 2. The summed E-state index contributed by atoms with van der Waals surface area (Å²) in [4.78, 5) is 6.65. The summed E-state index contributed by atoms with van der Waals surface area (Å²) in [5.74, 6) is 0. The lowest BCUT2D eigenvalue weighted by atomic mass is 10.0. The van der Waals surface area contributed by atoms with Gasteiger partial charge in [0.2, 0.25) is 0 Å². The van der Waals surface area contributed by atoms with Gasteiger partial charge in [-0.05, 0) is 55.6 Å². The summed E-state index contributed by atoms with van der Waals surface area (Å²) in [6.45, 7) is 3.50. The first-order chi connectivity index (χ1) is 10.4.